The molecule has 0 saturated carbocycles. The highest BCUT2D eigenvalue weighted by Gasteiger charge is 2.43. The predicted molar refractivity (Wildman–Crippen MR) is 414 cm³/mol. The molecule has 0 fully saturated rings. The summed E-state index contributed by atoms with van der Waals surface area (Å²) in [4.78, 5) is 184. The highest BCUT2D eigenvalue weighted by Crippen LogP contribution is 2.35. The van der Waals surface area contributed by atoms with E-state index in [1.807, 2.05) is 0 Å². The summed E-state index contributed by atoms with van der Waals surface area (Å²) >= 11 is 0. The lowest BCUT2D eigenvalue weighted by Gasteiger charge is -2.39. The third kappa shape index (κ3) is 53.6. The summed E-state index contributed by atoms with van der Waals surface area (Å²) in [7, 11) is 0. The molecule has 630 valence electrons. The Bertz CT molecular complexity index is 2450. The second-order valence-electron chi connectivity index (χ2n) is 38.2. The van der Waals surface area contributed by atoms with E-state index in [2.05, 4.69) is 21.3 Å². The molecule has 4 amide bonds. The first-order valence-corrected chi connectivity index (χ1v) is 39.1. The Hall–Kier alpha value is -6.93. The molecule has 27 nitrogen and oxygen atoms in total. The lowest BCUT2D eigenvalue weighted by molar-refractivity contribution is -0.158. The van der Waals surface area contributed by atoms with E-state index in [9.17, 15) is 47.9 Å². The SMILES string of the molecule is CC(C)(C)OC(=O)CCC(CCC(=O)OC(C)(C)C)(CCC(=O)OC(C)(C)C)NC(=O)CCC(CCC(=O)NC(CCC(=O)OC(C)(C)C)(CCC(=O)OC(C)(C)C)CCC(=O)OC(C)(C)C)(CCC(=O)NC(CCC(=O)OC(C)(C)C)(CCC(=O)OC(C)(C)C)CCC(=O)OC(C)(C)C)NC(=O)CCCCCN. The smallest absolute Gasteiger partial charge is 0.306 e. The van der Waals surface area contributed by atoms with Gasteiger partial charge in [-0.1, -0.05) is 6.42 Å². The van der Waals surface area contributed by atoms with Crippen LogP contribution in [0.25, 0.3) is 0 Å². The van der Waals surface area contributed by atoms with Crippen LogP contribution in [0.4, 0.5) is 0 Å². The van der Waals surface area contributed by atoms with Gasteiger partial charge in [-0.15, -0.1) is 0 Å². The summed E-state index contributed by atoms with van der Waals surface area (Å²) in [6.45, 7) is 45.9. The molecule has 0 aromatic rings. The molecule has 0 rings (SSSR count). The first-order valence-electron chi connectivity index (χ1n) is 39.1. The van der Waals surface area contributed by atoms with Gasteiger partial charge >= 0.3 is 53.7 Å². The summed E-state index contributed by atoms with van der Waals surface area (Å²) in [5.74, 6) is -8.42. The third-order valence-corrected chi connectivity index (χ3v) is 16.3. The minimum absolute atomic E-state index is 0.0817. The maximum absolute atomic E-state index is 15.4. The Balaban J connectivity index is 9.21. The van der Waals surface area contributed by atoms with Gasteiger partial charge in [-0.3, -0.25) is 62.3 Å². The number of nitrogens with one attached hydrogen (secondary N) is 4. The van der Waals surface area contributed by atoms with Crippen LogP contribution in [0.3, 0.4) is 0 Å². The van der Waals surface area contributed by atoms with Gasteiger partial charge in [0, 0.05) is 106 Å². The van der Waals surface area contributed by atoms with Crippen molar-refractivity contribution in [2.75, 3.05) is 6.54 Å². The molecule has 0 unspecified atom stereocenters. The van der Waals surface area contributed by atoms with Crippen LogP contribution in [0.1, 0.15) is 367 Å². The predicted octanol–water partition coefficient (Wildman–Crippen LogP) is 13.4. The molecule has 0 radical (unpaired) electrons. The van der Waals surface area contributed by atoms with E-state index >= 15 is 14.4 Å². The summed E-state index contributed by atoms with van der Waals surface area (Å²) in [5, 5.41) is 12.5. The Morgan fingerprint density at radius 1 is 0.193 bits per heavy atom. The second kappa shape index (κ2) is 43.8. The van der Waals surface area contributed by atoms with E-state index in [4.69, 9.17) is 48.4 Å². The molecule has 0 heterocycles. The minimum atomic E-state index is -1.72. The fourth-order valence-electron chi connectivity index (χ4n) is 12.0. The van der Waals surface area contributed by atoms with Crippen LogP contribution in [0.5, 0.6) is 0 Å². The maximum Gasteiger partial charge on any atom is 0.306 e. The van der Waals surface area contributed by atoms with Gasteiger partial charge in [-0.05, 0) is 283 Å². The standard InChI is InChI=1S/C82H145N5O22/c1-70(2,3)101-61(92)35-47-80(48-36-62(93)102-71(4,5)6,49-37-63(94)103-72(7,8)9)85-58(89)32-44-79(84-57(88)31-29-28-30-56-83,45-33-59(90)86-81(50-38-64(95)104-73(10,11)12,51-39-65(96)105-74(13,14)15)52-40-66(97)106-75(16,17)18)46-34-60(91)87-82(53-41-67(98)107-76(19,20)21,54-42-68(99)108-77(22,23)24)55-43-69(100)109-78(25,26)27/h28-56,83H2,1-27H3,(H,84,88)(H,85,89)(H,86,90)(H,87,91). The van der Waals surface area contributed by atoms with Crippen LogP contribution in [0.2, 0.25) is 0 Å². The molecular weight excluding hydrogens is 1410 g/mol. The quantitative estimate of drug-likeness (QED) is 0.0215. The molecule has 0 aromatic carbocycles. The van der Waals surface area contributed by atoms with E-state index in [1.54, 1.807) is 187 Å². The minimum Gasteiger partial charge on any atom is -0.460 e. The Labute approximate surface area is 652 Å². The van der Waals surface area contributed by atoms with E-state index < -0.39 is 169 Å². The van der Waals surface area contributed by atoms with E-state index in [0.717, 1.165) is 0 Å². The number of esters is 9. The van der Waals surface area contributed by atoms with Crippen molar-refractivity contribution in [3.63, 3.8) is 0 Å². The fourth-order valence-corrected chi connectivity index (χ4v) is 12.0. The lowest BCUT2D eigenvalue weighted by atomic mass is 9.80. The molecule has 27 heteroatoms. The molecule has 0 bridgehead atoms. The maximum atomic E-state index is 15.4. The number of hydrogen-bond donors (Lipinski definition) is 5. The van der Waals surface area contributed by atoms with Gasteiger partial charge in [-0.25, -0.2) is 0 Å². The Morgan fingerprint density at radius 2 is 0.321 bits per heavy atom. The van der Waals surface area contributed by atoms with Gasteiger partial charge < -0.3 is 69.6 Å². The van der Waals surface area contributed by atoms with Crippen molar-refractivity contribution in [1.29, 1.82) is 0 Å². The summed E-state index contributed by atoms with van der Waals surface area (Å²) in [6.07, 6.45) is -5.07. The average molecular weight is 1550 g/mol. The highest BCUT2D eigenvalue weighted by atomic mass is 16.6. The van der Waals surface area contributed by atoms with Crippen molar-refractivity contribution in [1.82, 2.24) is 21.3 Å². The second-order valence-corrected chi connectivity index (χ2v) is 38.2. The van der Waals surface area contributed by atoms with Crippen molar-refractivity contribution in [2.45, 2.75) is 439 Å². The third-order valence-electron chi connectivity index (χ3n) is 16.3. The molecule has 0 saturated heterocycles. The molecule has 0 spiro atoms. The van der Waals surface area contributed by atoms with Crippen LogP contribution >= 0.6 is 0 Å². The van der Waals surface area contributed by atoms with Crippen molar-refractivity contribution in [3.8, 4) is 0 Å². The van der Waals surface area contributed by atoms with E-state index in [0.29, 0.717) is 25.8 Å². The number of hydrogen-bond acceptors (Lipinski definition) is 23. The fraction of sp³-hybridized carbons (Fsp3) is 0.841. The lowest BCUT2D eigenvalue weighted by Crippen LogP contribution is -2.54. The normalized spacial score (nSPS) is 13.0. The molecule has 109 heavy (non-hydrogen) atoms. The topological polar surface area (TPSA) is 379 Å². The van der Waals surface area contributed by atoms with Gasteiger partial charge in [0.1, 0.15) is 50.4 Å². The Kier molecular flexibility index (Phi) is 41.0. The summed E-state index contributed by atoms with van der Waals surface area (Å²) in [6, 6.07) is 0. The zero-order valence-electron chi connectivity index (χ0n) is 72.1. The number of amides is 4. The van der Waals surface area contributed by atoms with Gasteiger partial charge in [0.2, 0.25) is 23.6 Å². The van der Waals surface area contributed by atoms with Crippen LogP contribution in [-0.2, 0) is 105 Å². The number of ether oxygens (including phenoxy) is 9. The molecule has 0 aliphatic heterocycles. The zero-order valence-corrected chi connectivity index (χ0v) is 72.1. The molecule has 6 N–H and O–H groups in total. The number of nitrogens with two attached hydrogens (primary N) is 1. The summed E-state index contributed by atoms with van der Waals surface area (Å²) in [5.41, 5.74) is -8.75. The number of unbranched alkanes of at least 4 members (excludes halogenated alkanes) is 2. The first kappa shape index (κ1) is 102. The summed E-state index contributed by atoms with van der Waals surface area (Å²) < 4.78 is 51.5. The van der Waals surface area contributed by atoms with Gasteiger partial charge in [0.05, 0.1) is 0 Å². The van der Waals surface area contributed by atoms with Crippen molar-refractivity contribution in [2.24, 2.45) is 5.73 Å². The van der Waals surface area contributed by atoms with E-state index in [-0.39, 0.29) is 141 Å². The van der Waals surface area contributed by atoms with Crippen molar-refractivity contribution in [3.05, 3.63) is 0 Å². The zero-order chi connectivity index (χ0) is 84.7. The van der Waals surface area contributed by atoms with Gasteiger partial charge in [-0.2, -0.15) is 0 Å². The first-order chi connectivity index (χ1) is 49.2. The molecule has 0 atom stereocenters. The average Bonchev–Trinajstić information content (AvgIpc) is 0.822. The molecule has 0 aromatic heterocycles. The van der Waals surface area contributed by atoms with Gasteiger partial charge in [0.15, 0.2) is 0 Å². The highest BCUT2D eigenvalue weighted by molar-refractivity contribution is 5.82. The van der Waals surface area contributed by atoms with Gasteiger partial charge in [0.25, 0.3) is 0 Å². The van der Waals surface area contributed by atoms with Crippen molar-refractivity contribution < 1.29 is 105 Å². The Morgan fingerprint density at radius 3 is 0.450 bits per heavy atom. The number of carbonyl (C=O) groups excluding carboxylic acids is 13. The van der Waals surface area contributed by atoms with Crippen LogP contribution in [0, 0.1) is 0 Å². The van der Waals surface area contributed by atoms with Crippen LogP contribution in [-0.4, -0.2) is 156 Å². The molecule has 0 aliphatic rings. The monoisotopic (exact) mass is 1550 g/mol. The van der Waals surface area contributed by atoms with E-state index in [1.165, 1.54) is 0 Å². The molecular formula is C82H145N5O22. The number of rotatable bonds is 45. The number of carbonyl (C=O) groups is 13. The van der Waals surface area contributed by atoms with Crippen LogP contribution < -0.4 is 27.0 Å². The molecule has 0 aliphatic carbocycles. The largest absolute Gasteiger partial charge is 0.460 e. The van der Waals surface area contributed by atoms with Crippen LogP contribution in [0.15, 0.2) is 0 Å². The van der Waals surface area contributed by atoms with Crippen molar-refractivity contribution >= 4 is 77.4 Å².